The minimum Gasteiger partial charge on any atom is -0.306 e. The monoisotopic (exact) mass is 254 g/mol. The molecule has 0 aromatic carbocycles. The van der Waals surface area contributed by atoms with Gasteiger partial charge in [-0.05, 0) is 0 Å². The lowest BCUT2D eigenvalue weighted by Gasteiger charge is -2.18. The van der Waals surface area contributed by atoms with Crippen LogP contribution in [0.3, 0.4) is 0 Å². The van der Waals surface area contributed by atoms with E-state index in [-0.39, 0.29) is 15.2 Å². The Bertz CT molecular complexity index is 160. The van der Waals surface area contributed by atoms with Crippen LogP contribution >= 0.6 is 22.6 Å². The van der Waals surface area contributed by atoms with Crippen LogP contribution in [0, 0.1) is 10.8 Å². The fraction of sp³-hybridized carbons (Fsp3) is 0.667. The normalized spacial score (nSPS) is 10.8. The van der Waals surface area contributed by atoms with E-state index in [4.69, 9.17) is 5.41 Å². The van der Waals surface area contributed by atoms with E-state index in [1.807, 2.05) is 20.8 Å². The first-order chi connectivity index (χ1) is 4.34. The molecular formula is C6H11IN2O. The molecule has 0 aliphatic heterocycles. The van der Waals surface area contributed by atoms with Crippen LogP contribution in [0.1, 0.15) is 20.8 Å². The van der Waals surface area contributed by atoms with Crippen LogP contribution in [-0.4, -0.2) is 9.75 Å². The van der Waals surface area contributed by atoms with Crippen LogP contribution < -0.4 is 5.32 Å². The Kier molecular flexibility index (Phi) is 3.27. The van der Waals surface area contributed by atoms with Crippen LogP contribution in [0.2, 0.25) is 0 Å². The van der Waals surface area contributed by atoms with Crippen molar-refractivity contribution in [2.24, 2.45) is 5.41 Å². The maximum atomic E-state index is 10.4. The minimum atomic E-state index is -0.263. The molecule has 0 radical (unpaired) electrons. The average Bonchev–Trinajstić information content (AvgIpc) is 1.60. The summed E-state index contributed by atoms with van der Waals surface area (Å²) in [5.41, 5.74) is -0.263. The van der Waals surface area contributed by atoms with E-state index < -0.39 is 0 Å². The molecule has 0 saturated heterocycles. The van der Waals surface area contributed by atoms with Gasteiger partial charge >= 0.3 is 0 Å². The van der Waals surface area contributed by atoms with Crippen molar-refractivity contribution in [2.75, 3.05) is 0 Å². The molecule has 3 nitrogen and oxygen atoms in total. The molecule has 1 amide bonds. The zero-order chi connectivity index (χ0) is 8.36. The molecule has 0 spiro atoms. The van der Waals surface area contributed by atoms with Gasteiger partial charge in [-0.2, -0.15) is 0 Å². The van der Waals surface area contributed by atoms with Gasteiger partial charge in [0.1, 0.15) is 5.84 Å². The summed E-state index contributed by atoms with van der Waals surface area (Å²) in [5.74, 6) is 0.256. The standard InChI is InChI=1S/C6H11IN2O/c1-6(2,3)4(8)9-5(7)10/h1-3H3,(H2,8,9,10). The van der Waals surface area contributed by atoms with Crippen molar-refractivity contribution in [1.82, 2.24) is 5.32 Å². The van der Waals surface area contributed by atoms with Crippen molar-refractivity contribution in [3.05, 3.63) is 0 Å². The highest BCUT2D eigenvalue weighted by Gasteiger charge is 2.17. The maximum Gasteiger partial charge on any atom is 0.285 e. The Balaban J connectivity index is 3.99. The number of nitrogens with one attached hydrogen (secondary N) is 2. The second-order valence-electron chi connectivity index (χ2n) is 3.02. The Morgan fingerprint density at radius 3 is 2.00 bits per heavy atom. The molecule has 0 rings (SSSR count). The highest BCUT2D eigenvalue weighted by molar-refractivity contribution is 14.1. The van der Waals surface area contributed by atoms with Crippen molar-refractivity contribution < 1.29 is 4.79 Å². The second-order valence-corrected chi connectivity index (χ2v) is 4.00. The first-order valence-electron chi connectivity index (χ1n) is 2.89. The van der Waals surface area contributed by atoms with Gasteiger partial charge in [-0.1, -0.05) is 20.8 Å². The van der Waals surface area contributed by atoms with Crippen molar-refractivity contribution in [2.45, 2.75) is 20.8 Å². The van der Waals surface area contributed by atoms with Gasteiger partial charge in [0.05, 0.1) is 0 Å². The topological polar surface area (TPSA) is 53.0 Å². The molecule has 0 aromatic heterocycles. The largest absolute Gasteiger partial charge is 0.306 e. The molecule has 0 fully saturated rings. The van der Waals surface area contributed by atoms with E-state index in [0.717, 1.165) is 0 Å². The van der Waals surface area contributed by atoms with E-state index in [1.54, 1.807) is 22.6 Å². The third-order valence-corrected chi connectivity index (χ3v) is 1.24. The summed E-state index contributed by atoms with van der Waals surface area (Å²) in [4.78, 5) is 10.4. The Morgan fingerprint density at radius 2 is 1.90 bits per heavy atom. The summed E-state index contributed by atoms with van der Waals surface area (Å²) < 4.78 is -0.211. The summed E-state index contributed by atoms with van der Waals surface area (Å²) in [6.07, 6.45) is 0. The summed E-state index contributed by atoms with van der Waals surface area (Å²) >= 11 is 1.61. The van der Waals surface area contributed by atoms with Crippen molar-refractivity contribution >= 4 is 32.3 Å². The van der Waals surface area contributed by atoms with E-state index in [9.17, 15) is 4.79 Å². The van der Waals surface area contributed by atoms with Gasteiger partial charge in [0.25, 0.3) is 3.91 Å². The van der Waals surface area contributed by atoms with Gasteiger partial charge < -0.3 is 5.32 Å². The summed E-state index contributed by atoms with van der Waals surface area (Å²) in [7, 11) is 0. The second kappa shape index (κ2) is 3.32. The van der Waals surface area contributed by atoms with Gasteiger partial charge in [-0.15, -0.1) is 0 Å². The molecule has 4 heteroatoms. The minimum absolute atomic E-state index is 0.211. The molecule has 0 bridgehead atoms. The highest BCUT2D eigenvalue weighted by atomic mass is 127. The van der Waals surface area contributed by atoms with Crippen molar-refractivity contribution in [3.63, 3.8) is 0 Å². The molecule has 2 N–H and O–H groups in total. The van der Waals surface area contributed by atoms with Gasteiger partial charge in [0.15, 0.2) is 0 Å². The summed E-state index contributed by atoms with van der Waals surface area (Å²) in [5, 5.41) is 9.75. The fourth-order valence-corrected chi connectivity index (χ4v) is 0.555. The number of rotatable bonds is 0. The predicted octanol–water partition coefficient (Wildman–Crippen LogP) is 2.15. The number of hydrogen-bond acceptors (Lipinski definition) is 2. The molecule has 0 saturated carbocycles. The number of halogens is 1. The van der Waals surface area contributed by atoms with Gasteiger partial charge in [0, 0.05) is 28.0 Å². The molecule has 0 aromatic rings. The zero-order valence-electron chi connectivity index (χ0n) is 6.29. The molecule has 0 heterocycles. The van der Waals surface area contributed by atoms with Crippen LogP contribution in [0.4, 0.5) is 4.79 Å². The number of carbonyl (C=O) groups is 1. The SMILES string of the molecule is CC(C)(C)C(=N)NC(=O)I. The first-order valence-corrected chi connectivity index (χ1v) is 3.97. The van der Waals surface area contributed by atoms with Gasteiger partial charge in [0.2, 0.25) is 0 Å². The molecular weight excluding hydrogens is 243 g/mol. The quantitative estimate of drug-likeness (QED) is 0.225. The third kappa shape index (κ3) is 3.81. The van der Waals surface area contributed by atoms with E-state index in [1.165, 1.54) is 0 Å². The lowest BCUT2D eigenvalue weighted by Crippen LogP contribution is -2.35. The van der Waals surface area contributed by atoms with Crippen LogP contribution in [0.5, 0.6) is 0 Å². The third-order valence-electron chi connectivity index (χ3n) is 0.973. The summed E-state index contributed by atoms with van der Waals surface area (Å²) in [6.45, 7) is 5.63. The number of amidine groups is 1. The lowest BCUT2D eigenvalue weighted by atomic mass is 9.95. The van der Waals surface area contributed by atoms with E-state index >= 15 is 0 Å². The fourth-order valence-electron chi connectivity index (χ4n) is 0.286. The van der Waals surface area contributed by atoms with Gasteiger partial charge in [-0.25, -0.2) is 0 Å². The molecule has 10 heavy (non-hydrogen) atoms. The predicted molar refractivity (Wildman–Crippen MR) is 49.7 cm³/mol. The summed E-state index contributed by atoms with van der Waals surface area (Å²) in [6, 6.07) is 0. The van der Waals surface area contributed by atoms with Gasteiger partial charge in [-0.3, -0.25) is 10.2 Å². The van der Waals surface area contributed by atoms with Crippen molar-refractivity contribution in [3.8, 4) is 0 Å². The Morgan fingerprint density at radius 1 is 1.50 bits per heavy atom. The molecule has 0 aliphatic rings. The van der Waals surface area contributed by atoms with Crippen molar-refractivity contribution in [1.29, 1.82) is 5.41 Å². The smallest absolute Gasteiger partial charge is 0.285 e. The maximum absolute atomic E-state index is 10.4. The molecule has 58 valence electrons. The van der Waals surface area contributed by atoms with Crippen LogP contribution in [0.25, 0.3) is 0 Å². The number of carbonyl (C=O) groups excluding carboxylic acids is 1. The van der Waals surface area contributed by atoms with Crippen LogP contribution in [-0.2, 0) is 0 Å². The van der Waals surface area contributed by atoms with Crippen LogP contribution in [0.15, 0.2) is 0 Å². The number of amides is 1. The Labute approximate surface area is 74.2 Å². The van der Waals surface area contributed by atoms with E-state index in [2.05, 4.69) is 5.32 Å². The zero-order valence-corrected chi connectivity index (χ0v) is 8.44. The lowest BCUT2D eigenvalue weighted by molar-refractivity contribution is 0.265. The Hall–Kier alpha value is -0.130. The number of hydrogen-bond donors (Lipinski definition) is 2. The average molecular weight is 254 g/mol. The molecule has 0 atom stereocenters. The highest BCUT2D eigenvalue weighted by Crippen LogP contribution is 2.12. The first kappa shape index (κ1) is 9.87. The molecule has 0 aliphatic carbocycles. The van der Waals surface area contributed by atoms with E-state index in [0.29, 0.717) is 0 Å². The molecule has 0 unspecified atom stereocenters.